The van der Waals surface area contributed by atoms with Crippen LogP contribution in [-0.2, 0) is 67.3 Å². The number of unbranched alkanes of at least 4 members (excludes halogenated alkanes) is 3. The summed E-state index contributed by atoms with van der Waals surface area (Å²) in [5.41, 5.74) is 15.0. The maximum atomic E-state index is 12.3. The third-order valence-corrected chi connectivity index (χ3v) is 15.5. The van der Waals surface area contributed by atoms with E-state index in [0.717, 1.165) is 175 Å². The first-order valence-electron chi connectivity index (χ1n) is 34.7. The number of nitrogens with two attached hydrogens (primary N) is 1. The molecule has 0 aromatic carbocycles. The van der Waals surface area contributed by atoms with Gasteiger partial charge in [0.2, 0.25) is 0 Å². The zero-order valence-corrected chi connectivity index (χ0v) is 61.3. The van der Waals surface area contributed by atoms with Crippen LogP contribution < -0.4 is 31.5 Å². The fourth-order valence-corrected chi connectivity index (χ4v) is 10.3. The molecule has 0 saturated carbocycles. The number of rotatable bonds is 31. The fourth-order valence-electron chi connectivity index (χ4n) is 9.97. The van der Waals surface area contributed by atoms with Gasteiger partial charge in [0, 0.05) is 104 Å². The predicted octanol–water partition coefficient (Wildman–Crippen LogP) is 16.5. The Bertz CT molecular complexity index is 3730. The summed E-state index contributed by atoms with van der Waals surface area (Å²) in [4.78, 5) is 67.4. The standard InChI is InChI=1S/C28H37N5O2.C23H29N5.C17H23N3.C11H15BrN2O2/c1-28(2,3)35-27(34)33(4)26-19-10-18-25(32-26)30-21-11-17-24-16-9-15-23(31-24)14-6-5-12-22-13-7-8-20-29-22;1-24-22-15-7-16-23(28-22)26-18-8-14-21-13-6-12-20(27-21)11-3-2-9-19-10-4-5-17-25-19;18-13-6-12-17-11-5-10-16(20-17)9-2-1-7-15-8-3-4-14-19-15;1-11(2,3)16-10(15)14(4)9-7-5-6-8(12)13-9/h7-10,13,15-16,18-20H,5-6,11-12,14,17,21H2,1-4H3,(H,30,32);4-7,10,12-13,15-17H,2-3,8-9,11,14,18H2,1H3,(H2,24,26,28);3-5,8,10-11,14H,1-2,6-7,9,12-13,18H2;5-7H,1-4H3. The molecule has 19 nitrogen and oxygen atoms in total. The van der Waals surface area contributed by atoms with Crippen LogP contribution >= 0.6 is 15.9 Å². The second-order valence-electron chi connectivity index (χ2n) is 25.8. The molecule has 9 aromatic heterocycles. The molecule has 9 aromatic rings. The summed E-state index contributed by atoms with van der Waals surface area (Å²) in [6.45, 7) is 13.4. The second kappa shape index (κ2) is 43.9. The number of anilines is 5. The smallest absolute Gasteiger partial charge is 0.415 e. The van der Waals surface area contributed by atoms with E-state index in [1.807, 2.05) is 134 Å². The molecule has 0 aliphatic carbocycles. The molecular formula is C79H104BrN15O4. The number of ether oxygens (including phenoxy) is 2. The van der Waals surface area contributed by atoms with E-state index in [4.69, 9.17) is 25.2 Å². The fraction of sp³-hybridized carbons (Fsp3) is 0.405. The molecule has 0 radical (unpaired) electrons. The molecule has 20 heteroatoms. The van der Waals surface area contributed by atoms with Crippen LogP contribution in [0.3, 0.4) is 0 Å². The lowest BCUT2D eigenvalue weighted by Gasteiger charge is -2.24. The Morgan fingerprint density at radius 3 is 1.05 bits per heavy atom. The lowest BCUT2D eigenvalue weighted by atomic mass is 10.1. The van der Waals surface area contributed by atoms with E-state index < -0.39 is 23.4 Å². The molecular weight excluding hydrogens is 1300 g/mol. The van der Waals surface area contributed by atoms with Gasteiger partial charge in [0.25, 0.3) is 0 Å². The Balaban J connectivity index is 0.000000217. The van der Waals surface area contributed by atoms with Crippen molar-refractivity contribution in [1.29, 1.82) is 0 Å². The SMILES string of the molecule is CN(C(=O)OC(C)(C)C)c1cccc(Br)n1.CN(C(=O)OC(C)(C)C)c1cccc(NCCCc2cccc(CCCCc3ccccn3)n2)n1.CNc1cccc(NCCCc2cccc(CCCCc3ccccn3)n2)n1.NCCCc1cccc(CCCCc2ccccn2)n1. The third kappa shape index (κ3) is 33.2. The minimum Gasteiger partial charge on any atom is -0.443 e. The predicted molar refractivity (Wildman–Crippen MR) is 406 cm³/mol. The van der Waals surface area contributed by atoms with Crippen molar-refractivity contribution in [2.45, 2.75) is 168 Å². The molecule has 5 N–H and O–H groups in total. The van der Waals surface area contributed by atoms with Crippen LogP contribution in [0.5, 0.6) is 0 Å². The van der Waals surface area contributed by atoms with E-state index in [0.29, 0.717) is 16.2 Å². The maximum absolute atomic E-state index is 12.3. The highest BCUT2D eigenvalue weighted by Crippen LogP contribution is 2.20. The number of aromatic nitrogens is 9. The Morgan fingerprint density at radius 1 is 0.384 bits per heavy atom. The van der Waals surface area contributed by atoms with E-state index in [1.54, 1.807) is 32.3 Å². The Labute approximate surface area is 596 Å². The van der Waals surface area contributed by atoms with E-state index in [1.165, 1.54) is 38.3 Å². The van der Waals surface area contributed by atoms with E-state index in [-0.39, 0.29) is 0 Å². The van der Waals surface area contributed by atoms with Gasteiger partial charge in [-0.25, -0.2) is 24.5 Å². The molecule has 0 atom stereocenters. The molecule has 0 aliphatic rings. The zero-order chi connectivity index (χ0) is 70.9. The summed E-state index contributed by atoms with van der Waals surface area (Å²) in [5.74, 6) is 3.60. The topological polar surface area (TPSA) is 237 Å². The van der Waals surface area contributed by atoms with Gasteiger partial charge >= 0.3 is 12.2 Å². The van der Waals surface area contributed by atoms with Gasteiger partial charge < -0.3 is 31.2 Å². The summed E-state index contributed by atoms with van der Waals surface area (Å²) in [6, 6.07) is 54.1. The number of nitrogens with zero attached hydrogens (tertiary/aromatic N) is 11. The van der Waals surface area contributed by atoms with Gasteiger partial charge in [-0.15, -0.1) is 0 Å². The van der Waals surface area contributed by atoms with Crippen molar-refractivity contribution in [3.8, 4) is 0 Å². The van der Waals surface area contributed by atoms with Gasteiger partial charge in [-0.2, -0.15) is 0 Å². The van der Waals surface area contributed by atoms with Gasteiger partial charge in [-0.3, -0.25) is 39.7 Å². The molecule has 2 amide bonds. The summed E-state index contributed by atoms with van der Waals surface area (Å²) in [7, 11) is 5.17. The maximum Gasteiger partial charge on any atom is 0.415 e. The van der Waals surface area contributed by atoms with Gasteiger partial charge in [0.15, 0.2) is 0 Å². The quantitative estimate of drug-likeness (QED) is 0.0233. The van der Waals surface area contributed by atoms with Crippen LogP contribution in [0.2, 0.25) is 0 Å². The van der Waals surface area contributed by atoms with Crippen LogP contribution in [0, 0.1) is 0 Å². The monoisotopic (exact) mass is 1410 g/mol. The van der Waals surface area contributed by atoms with Gasteiger partial charge in [0.05, 0.1) is 0 Å². The van der Waals surface area contributed by atoms with Crippen molar-refractivity contribution < 1.29 is 19.1 Å². The first-order valence-corrected chi connectivity index (χ1v) is 35.5. The molecule has 0 bridgehead atoms. The van der Waals surface area contributed by atoms with Crippen molar-refractivity contribution in [3.05, 3.63) is 238 Å². The lowest BCUT2D eigenvalue weighted by molar-refractivity contribution is 0.0577. The second-order valence-corrected chi connectivity index (χ2v) is 26.6. The van der Waals surface area contributed by atoms with Crippen molar-refractivity contribution in [1.82, 2.24) is 44.9 Å². The Hall–Kier alpha value is -9.27. The molecule has 9 heterocycles. The summed E-state index contributed by atoms with van der Waals surface area (Å²) >= 11 is 3.25. The van der Waals surface area contributed by atoms with Gasteiger partial charge in [-0.1, -0.05) is 54.6 Å². The first-order chi connectivity index (χ1) is 47.8. The number of halogens is 1. The first kappa shape index (κ1) is 78.7. The lowest BCUT2D eigenvalue weighted by Crippen LogP contribution is -2.34. The minimum atomic E-state index is -0.549. The number of pyridine rings is 9. The molecule has 0 fully saturated rings. The number of hydrogen-bond acceptors (Lipinski definition) is 17. The van der Waals surface area contributed by atoms with Gasteiger partial charge in [-0.05, 0) is 289 Å². The van der Waals surface area contributed by atoms with Crippen LogP contribution in [-0.4, -0.2) is 109 Å². The zero-order valence-electron chi connectivity index (χ0n) is 59.7. The largest absolute Gasteiger partial charge is 0.443 e. The molecule has 0 unspecified atom stereocenters. The number of aryl methyl sites for hydroxylation is 9. The number of carbonyl (C=O) groups is 2. The minimum absolute atomic E-state index is 0.418. The molecule has 0 saturated heterocycles. The van der Waals surface area contributed by atoms with E-state index in [9.17, 15) is 9.59 Å². The number of carbonyl (C=O) groups excluding carboxylic acids is 2. The summed E-state index contributed by atoms with van der Waals surface area (Å²) in [6.07, 6.45) is 23.5. The highest BCUT2D eigenvalue weighted by atomic mass is 79.9. The Morgan fingerprint density at radius 2 is 0.697 bits per heavy atom. The van der Waals surface area contributed by atoms with Crippen LogP contribution in [0.1, 0.15) is 151 Å². The normalized spacial score (nSPS) is 10.9. The number of nitrogens with one attached hydrogen (secondary N) is 3. The van der Waals surface area contributed by atoms with Crippen molar-refractivity contribution in [3.63, 3.8) is 0 Å². The summed E-state index contributed by atoms with van der Waals surface area (Å²) in [5, 5.41) is 9.78. The highest BCUT2D eigenvalue weighted by Gasteiger charge is 2.23. The molecule has 9 rings (SSSR count). The van der Waals surface area contributed by atoms with E-state index in [2.05, 4.69) is 146 Å². The molecule has 0 spiro atoms. The van der Waals surface area contributed by atoms with Crippen molar-refractivity contribution in [2.24, 2.45) is 5.73 Å². The molecule has 99 heavy (non-hydrogen) atoms. The number of hydrogen-bond donors (Lipinski definition) is 4. The van der Waals surface area contributed by atoms with Crippen LogP contribution in [0.15, 0.2) is 187 Å². The summed E-state index contributed by atoms with van der Waals surface area (Å²) < 4.78 is 11.3. The molecule has 0 aliphatic heterocycles. The highest BCUT2D eigenvalue weighted by molar-refractivity contribution is 9.10. The third-order valence-electron chi connectivity index (χ3n) is 15.0. The average molecular weight is 1410 g/mol. The Kier molecular flexibility index (Phi) is 34.9. The molecule has 526 valence electrons. The average Bonchev–Trinajstić information content (AvgIpc) is 1.09. The van der Waals surface area contributed by atoms with Crippen LogP contribution in [0.25, 0.3) is 0 Å². The number of amides is 2. The van der Waals surface area contributed by atoms with E-state index >= 15 is 0 Å². The van der Waals surface area contributed by atoms with Crippen molar-refractivity contribution in [2.75, 3.05) is 66.5 Å². The van der Waals surface area contributed by atoms with Gasteiger partial charge in [0.1, 0.15) is 44.9 Å². The van der Waals surface area contributed by atoms with Crippen molar-refractivity contribution >= 4 is 57.2 Å². The van der Waals surface area contributed by atoms with Crippen LogP contribution in [0.4, 0.5) is 38.7 Å².